The van der Waals surface area contributed by atoms with Crippen molar-refractivity contribution in [1.29, 1.82) is 0 Å². The van der Waals surface area contributed by atoms with Gasteiger partial charge in [-0.2, -0.15) is 0 Å². The summed E-state index contributed by atoms with van der Waals surface area (Å²) in [7, 11) is 1.56. The number of esters is 1. The minimum absolute atomic E-state index is 0.115. The minimum atomic E-state index is -0.332. The summed E-state index contributed by atoms with van der Waals surface area (Å²) >= 11 is 0. The molecular weight excluding hydrogens is 262 g/mol. The van der Waals surface area contributed by atoms with E-state index in [1.165, 1.54) is 0 Å². The Morgan fingerprint density at radius 3 is 2.70 bits per heavy atom. The van der Waals surface area contributed by atoms with Gasteiger partial charge in [-0.15, -0.1) is 0 Å². The van der Waals surface area contributed by atoms with Crippen molar-refractivity contribution in [1.82, 2.24) is 5.32 Å². The van der Waals surface area contributed by atoms with Gasteiger partial charge in [0, 0.05) is 12.6 Å². The molecule has 0 aliphatic carbocycles. The van der Waals surface area contributed by atoms with Gasteiger partial charge in [0.15, 0.2) is 6.61 Å². The molecule has 1 rings (SSSR count). The number of rotatable bonds is 8. The van der Waals surface area contributed by atoms with Gasteiger partial charge in [0.2, 0.25) is 0 Å². The Morgan fingerprint density at radius 1 is 1.25 bits per heavy atom. The normalized spacial score (nSPS) is 9.70. The summed E-state index contributed by atoms with van der Waals surface area (Å²) in [6, 6.07) is 6.97. The maximum absolute atomic E-state index is 11.5. The van der Waals surface area contributed by atoms with Crippen LogP contribution in [0.4, 0.5) is 0 Å². The van der Waals surface area contributed by atoms with Crippen molar-refractivity contribution in [3.63, 3.8) is 0 Å². The molecule has 0 heterocycles. The monoisotopic (exact) mass is 281 g/mol. The number of methoxy groups -OCH3 is 1. The van der Waals surface area contributed by atoms with Gasteiger partial charge in [0.25, 0.3) is 5.91 Å². The molecule has 6 heteroatoms. The molecule has 1 amide bonds. The van der Waals surface area contributed by atoms with E-state index in [-0.39, 0.29) is 31.4 Å². The van der Waals surface area contributed by atoms with Crippen molar-refractivity contribution in [2.75, 3.05) is 26.9 Å². The van der Waals surface area contributed by atoms with Gasteiger partial charge in [-0.25, -0.2) is 0 Å². The molecule has 1 aromatic rings. The lowest BCUT2D eigenvalue weighted by Crippen LogP contribution is -2.31. The van der Waals surface area contributed by atoms with Crippen LogP contribution in [0.5, 0.6) is 11.5 Å². The number of carbonyl (C=O) groups excluding carboxylic acids is 2. The predicted octanol–water partition coefficient (Wildman–Crippen LogP) is 1.14. The van der Waals surface area contributed by atoms with Gasteiger partial charge in [0.1, 0.15) is 11.5 Å². The summed E-state index contributed by atoms with van der Waals surface area (Å²) in [6.07, 6.45) is 0.152. The van der Waals surface area contributed by atoms with Gasteiger partial charge in [-0.1, -0.05) is 6.07 Å². The molecule has 6 nitrogen and oxygen atoms in total. The third-order valence-corrected chi connectivity index (χ3v) is 2.37. The van der Waals surface area contributed by atoms with Crippen LogP contribution in [0.15, 0.2) is 24.3 Å². The van der Waals surface area contributed by atoms with E-state index in [1.807, 2.05) is 0 Å². The van der Waals surface area contributed by atoms with Crippen molar-refractivity contribution < 1.29 is 23.8 Å². The highest BCUT2D eigenvalue weighted by Gasteiger charge is 2.05. The third kappa shape index (κ3) is 6.08. The van der Waals surface area contributed by atoms with Crippen LogP contribution in [-0.4, -0.2) is 38.7 Å². The first kappa shape index (κ1) is 15.8. The van der Waals surface area contributed by atoms with Crippen molar-refractivity contribution in [3.8, 4) is 11.5 Å². The van der Waals surface area contributed by atoms with Crippen molar-refractivity contribution >= 4 is 11.9 Å². The Kier molecular flexibility index (Phi) is 6.95. The second-order valence-corrected chi connectivity index (χ2v) is 3.87. The van der Waals surface area contributed by atoms with Crippen LogP contribution in [0.2, 0.25) is 0 Å². The molecule has 1 N–H and O–H groups in total. The Labute approximate surface area is 118 Å². The van der Waals surface area contributed by atoms with Crippen LogP contribution in [0.1, 0.15) is 13.3 Å². The van der Waals surface area contributed by atoms with Gasteiger partial charge < -0.3 is 19.5 Å². The first-order valence-electron chi connectivity index (χ1n) is 6.35. The van der Waals surface area contributed by atoms with Crippen LogP contribution in [0.25, 0.3) is 0 Å². The molecule has 0 saturated carbocycles. The number of hydrogen-bond donors (Lipinski definition) is 1. The highest BCUT2D eigenvalue weighted by Crippen LogP contribution is 2.18. The smallest absolute Gasteiger partial charge is 0.307 e. The summed E-state index contributed by atoms with van der Waals surface area (Å²) in [5.74, 6) is 0.578. The standard InChI is InChI=1S/C14H19NO5/c1-3-19-14(17)7-8-15-13(16)10-20-12-6-4-5-11(9-12)18-2/h4-6,9H,3,7-8,10H2,1-2H3,(H,15,16). The van der Waals surface area contributed by atoms with Gasteiger partial charge in [-0.3, -0.25) is 9.59 Å². The Morgan fingerprint density at radius 2 is 2.00 bits per heavy atom. The number of amides is 1. The van der Waals surface area contributed by atoms with E-state index >= 15 is 0 Å². The first-order valence-corrected chi connectivity index (χ1v) is 6.35. The highest BCUT2D eigenvalue weighted by molar-refractivity contribution is 5.78. The largest absolute Gasteiger partial charge is 0.497 e. The zero-order valence-corrected chi connectivity index (χ0v) is 11.7. The maximum atomic E-state index is 11.5. The molecule has 0 fully saturated rings. The number of nitrogens with one attached hydrogen (secondary N) is 1. The summed E-state index contributed by atoms with van der Waals surface area (Å²) in [5.41, 5.74) is 0. The SMILES string of the molecule is CCOC(=O)CCNC(=O)COc1cccc(OC)c1. The first-order chi connectivity index (χ1) is 9.65. The fraction of sp³-hybridized carbons (Fsp3) is 0.429. The van der Waals surface area contributed by atoms with Crippen LogP contribution in [-0.2, 0) is 14.3 Å². The lowest BCUT2D eigenvalue weighted by atomic mass is 10.3. The second-order valence-electron chi connectivity index (χ2n) is 3.87. The number of benzene rings is 1. The quantitative estimate of drug-likeness (QED) is 0.723. The zero-order chi connectivity index (χ0) is 14.8. The highest BCUT2D eigenvalue weighted by atomic mass is 16.5. The molecule has 0 atom stereocenters. The number of ether oxygens (including phenoxy) is 3. The third-order valence-electron chi connectivity index (χ3n) is 2.37. The molecule has 0 aromatic heterocycles. The Balaban J connectivity index is 2.24. The van der Waals surface area contributed by atoms with Crippen molar-refractivity contribution in [3.05, 3.63) is 24.3 Å². The van der Waals surface area contributed by atoms with Crippen molar-refractivity contribution in [2.45, 2.75) is 13.3 Å². The van der Waals surface area contributed by atoms with Crippen LogP contribution in [0, 0.1) is 0 Å². The average Bonchev–Trinajstić information content (AvgIpc) is 2.45. The molecule has 0 aliphatic heterocycles. The van der Waals surface area contributed by atoms with E-state index in [9.17, 15) is 9.59 Å². The number of hydrogen-bond acceptors (Lipinski definition) is 5. The molecule has 0 saturated heterocycles. The topological polar surface area (TPSA) is 73.9 Å². The predicted molar refractivity (Wildman–Crippen MR) is 72.7 cm³/mol. The van der Waals surface area contributed by atoms with E-state index in [4.69, 9.17) is 14.2 Å². The van der Waals surface area contributed by atoms with Crippen LogP contribution >= 0.6 is 0 Å². The molecule has 0 aliphatic rings. The van der Waals surface area contributed by atoms with E-state index in [1.54, 1.807) is 38.3 Å². The molecule has 0 radical (unpaired) electrons. The van der Waals surface area contributed by atoms with Gasteiger partial charge in [-0.05, 0) is 19.1 Å². The van der Waals surface area contributed by atoms with Crippen molar-refractivity contribution in [2.24, 2.45) is 0 Å². The van der Waals surface area contributed by atoms with E-state index in [0.29, 0.717) is 18.1 Å². The lowest BCUT2D eigenvalue weighted by Gasteiger charge is -2.08. The second kappa shape index (κ2) is 8.79. The van der Waals surface area contributed by atoms with E-state index in [0.717, 1.165) is 0 Å². The lowest BCUT2D eigenvalue weighted by molar-refractivity contribution is -0.143. The summed E-state index contributed by atoms with van der Waals surface area (Å²) in [5, 5.41) is 2.57. The molecule has 0 spiro atoms. The molecule has 0 unspecified atom stereocenters. The average molecular weight is 281 g/mol. The Hall–Kier alpha value is -2.24. The summed E-state index contributed by atoms with van der Waals surface area (Å²) < 4.78 is 15.1. The summed E-state index contributed by atoms with van der Waals surface area (Å²) in [4.78, 5) is 22.5. The Bertz CT molecular complexity index is 447. The molecule has 1 aromatic carbocycles. The van der Waals surface area contributed by atoms with Crippen LogP contribution in [0.3, 0.4) is 0 Å². The molecular formula is C14H19NO5. The van der Waals surface area contributed by atoms with Crippen LogP contribution < -0.4 is 14.8 Å². The van der Waals surface area contributed by atoms with E-state index in [2.05, 4.69) is 5.32 Å². The molecule has 20 heavy (non-hydrogen) atoms. The molecule has 110 valence electrons. The fourth-order valence-corrected chi connectivity index (χ4v) is 1.43. The zero-order valence-electron chi connectivity index (χ0n) is 11.7. The minimum Gasteiger partial charge on any atom is -0.497 e. The van der Waals surface area contributed by atoms with Gasteiger partial charge >= 0.3 is 5.97 Å². The molecule has 0 bridgehead atoms. The fourth-order valence-electron chi connectivity index (χ4n) is 1.43. The van der Waals surface area contributed by atoms with Gasteiger partial charge in [0.05, 0.1) is 20.1 Å². The number of carbonyl (C=O) groups is 2. The van der Waals surface area contributed by atoms with E-state index < -0.39 is 0 Å². The summed E-state index contributed by atoms with van der Waals surface area (Å²) in [6.45, 7) is 2.19. The maximum Gasteiger partial charge on any atom is 0.307 e.